The molecule has 1 aliphatic carbocycles. The predicted octanol–water partition coefficient (Wildman–Crippen LogP) is 4.89. The molecule has 0 heterocycles. The quantitative estimate of drug-likeness (QED) is 0.572. The van der Waals surface area contributed by atoms with Crippen molar-refractivity contribution in [2.24, 2.45) is 11.8 Å². The summed E-state index contributed by atoms with van der Waals surface area (Å²) >= 11 is 0. The van der Waals surface area contributed by atoms with Crippen molar-refractivity contribution in [1.82, 2.24) is 0 Å². The van der Waals surface area contributed by atoms with Gasteiger partial charge in [-0.15, -0.1) is 0 Å². The van der Waals surface area contributed by atoms with E-state index in [9.17, 15) is 0 Å². The van der Waals surface area contributed by atoms with Gasteiger partial charge in [0.25, 0.3) is 0 Å². The normalized spacial score (nSPS) is 22.6. The van der Waals surface area contributed by atoms with Crippen LogP contribution in [0.2, 0.25) is 0 Å². The molecule has 0 N–H and O–H groups in total. The Hall–Kier alpha value is -0.780. The fourth-order valence-corrected chi connectivity index (χ4v) is 2.11. The van der Waals surface area contributed by atoms with Crippen molar-refractivity contribution in [2.45, 2.75) is 46.5 Å². The van der Waals surface area contributed by atoms with Gasteiger partial charge in [-0.1, -0.05) is 42.9 Å². The van der Waals surface area contributed by atoms with Crippen LogP contribution in [-0.4, -0.2) is 0 Å². The Bertz CT molecular complexity index is 264. The van der Waals surface area contributed by atoms with Crippen molar-refractivity contribution in [3.63, 3.8) is 0 Å². The van der Waals surface area contributed by atoms with Gasteiger partial charge in [0.15, 0.2) is 0 Å². The second-order valence-electron chi connectivity index (χ2n) is 5.06. The minimum Gasteiger partial charge on any atom is -0.0958 e. The zero-order chi connectivity index (χ0) is 11.3. The molecule has 0 amide bonds. The molecule has 84 valence electrons. The van der Waals surface area contributed by atoms with E-state index in [4.69, 9.17) is 0 Å². The van der Waals surface area contributed by atoms with Crippen LogP contribution in [0.15, 0.2) is 36.0 Å². The highest BCUT2D eigenvalue weighted by Gasteiger charge is 2.16. The van der Waals surface area contributed by atoms with E-state index >= 15 is 0 Å². The van der Waals surface area contributed by atoms with Gasteiger partial charge in [0.1, 0.15) is 0 Å². The van der Waals surface area contributed by atoms with E-state index in [2.05, 4.69) is 45.6 Å². The molecule has 0 aliphatic heterocycles. The maximum atomic E-state index is 4.00. The number of hydrogen-bond acceptors (Lipinski definition) is 0. The van der Waals surface area contributed by atoms with Crippen LogP contribution in [0, 0.1) is 11.8 Å². The largest absolute Gasteiger partial charge is 0.0958 e. The van der Waals surface area contributed by atoms with E-state index in [0.717, 1.165) is 11.8 Å². The lowest BCUT2D eigenvalue weighted by Gasteiger charge is -2.23. The lowest BCUT2D eigenvalue weighted by molar-refractivity contribution is 0.377. The highest BCUT2D eigenvalue weighted by molar-refractivity contribution is 5.19. The molecule has 0 spiro atoms. The zero-order valence-electron chi connectivity index (χ0n) is 10.4. The summed E-state index contributed by atoms with van der Waals surface area (Å²) in [5.41, 5.74) is 2.73. The molecule has 0 aromatic rings. The van der Waals surface area contributed by atoms with Crippen molar-refractivity contribution in [3.05, 3.63) is 36.0 Å². The van der Waals surface area contributed by atoms with Gasteiger partial charge in [-0.05, 0) is 51.4 Å². The zero-order valence-corrected chi connectivity index (χ0v) is 10.4. The van der Waals surface area contributed by atoms with Crippen LogP contribution in [-0.2, 0) is 0 Å². The van der Waals surface area contributed by atoms with Gasteiger partial charge in [-0.3, -0.25) is 0 Å². The van der Waals surface area contributed by atoms with E-state index in [0.29, 0.717) is 0 Å². The summed E-state index contributed by atoms with van der Waals surface area (Å²) < 4.78 is 0. The Morgan fingerprint density at radius 2 is 2.33 bits per heavy atom. The van der Waals surface area contributed by atoms with E-state index < -0.39 is 0 Å². The molecule has 0 nitrogen and oxygen atoms in total. The highest BCUT2D eigenvalue weighted by Crippen LogP contribution is 2.29. The van der Waals surface area contributed by atoms with Crippen LogP contribution in [0.1, 0.15) is 46.5 Å². The molecule has 0 bridgehead atoms. The summed E-state index contributed by atoms with van der Waals surface area (Å²) in [5.74, 6) is 1.59. The van der Waals surface area contributed by atoms with Gasteiger partial charge < -0.3 is 0 Å². The number of hydrogen-bond donors (Lipinski definition) is 0. The first-order valence-electron chi connectivity index (χ1n) is 6.09. The molecular weight excluding hydrogens is 180 g/mol. The van der Waals surface area contributed by atoms with Gasteiger partial charge in [0, 0.05) is 0 Å². The molecule has 0 aromatic carbocycles. The summed E-state index contributed by atoms with van der Waals surface area (Å²) in [6.45, 7) is 10.7. The predicted molar refractivity (Wildman–Crippen MR) is 68.8 cm³/mol. The minimum atomic E-state index is 0.779. The Labute approximate surface area is 94.8 Å². The first-order valence-corrected chi connectivity index (χ1v) is 6.09. The Morgan fingerprint density at radius 3 is 2.87 bits per heavy atom. The maximum absolute atomic E-state index is 4.00. The van der Waals surface area contributed by atoms with Gasteiger partial charge in [0.2, 0.25) is 0 Å². The SMILES string of the molecule is C=C1C=CC([C@H](C)CCC=C(C)C)CC1. The van der Waals surface area contributed by atoms with Gasteiger partial charge in [-0.25, -0.2) is 0 Å². The summed E-state index contributed by atoms with van der Waals surface area (Å²) in [6.07, 6.45) is 12.0. The van der Waals surface area contributed by atoms with Crippen LogP contribution in [0.3, 0.4) is 0 Å². The van der Waals surface area contributed by atoms with Crippen molar-refractivity contribution < 1.29 is 0 Å². The van der Waals surface area contributed by atoms with E-state index in [1.165, 1.54) is 36.8 Å². The summed E-state index contributed by atoms with van der Waals surface area (Å²) in [4.78, 5) is 0. The number of allylic oxidation sites excluding steroid dienone is 5. The first-order chi connectivity index (χ1) is 7.09. The van der Waals surface area contributed by atoms with Crippen molar-refractivity contribution in [1.29, 1.82) is 0 Å². The average molecular weight is 204 g/mol. The fourth-order valence-electron chi connectivity index (χ4n) is 2.11. The second-order valence-corrected chi connectivity index (χ2v) is 5.06. The summed E-state index contributed by atoms with van der Waals surface area (Å²) in [6, 6.07) is 0. The third-order valence-corrected chi connectivity index (χ3v) is 3.28. The lowest BCUT2D eigenvalue weighted by atomic mass is 9.82. The monoisotopic (exact) mass is 204 g/mol. The summed E-state index contributed by atoms with van der Waals surface area (Å²) in [7, 11) is 0. The molecule has 0 fully saturated rings. The molecule has 15 heavy (non-hydrogen) atoms. The summed E-state index contributed by atoms with van der Waals surface area (Å²) in [5, 5.41) is 0. The van der Waals surface area contributed by atoms with Gasteiger partial charge in [0.05, 0.1) is 0 Å². The molecule has 1 unspecified atom stereocenters. The molecular formula is C15H24. The Balaban J connectivity index is 2.34. The molecule has 0 heteroatoms. The fraction of sp³-hybridized carbons (Fsp3) is 0.600. The van der Waals surface area contributed by atoms with Crippen LogP contribution in [0.5, 0.6) is 0 Å². The Kier molecular flexibility index (Phi) is 4.87. The third kappa shape index (κ3) is 4.51. The highest BCUT2D eigenvalue weighted by atomic mass is 14.2. The van der Waals surface area contributed by atoms with Crippen LogP contribution in [0.4, 0.5) is 0 Å². The molecule has 0 saturated heterocycles. The van der Waals surface area contributed by atoms with Gasteiger partial charge >= 0.3 is 0 Å². The van der Waals surface area contributed by atoms with Crippen LogP contribution < -0.4 is 0 Å². The standard InChI is InChI=1S/C15H24/c1-12(2)6-5-7-14(4)15-10-8-13(3)9-11-15/h6,8,10,14-15H,3,5,7,9,11H2,1-2,4H3/t14-,15?/m1/s1. The van der Waals surface area contributed by atoms with Crippen LogP contribution >= 0.6 is 0 Å². The molecule has 1 aliphatic rings. The maximum Gasteiger partial charge on any atom is -0.0201 e. The molecule has 1 rings (SSSR count). The Morgan fingerprint density at radius 1 is 1.60 bits per heavy atom. The van der Waals surface area contributed by atoms with Gasteiger partial charge in [-0.2, -0.15) is 0 Å². The van der Waals surface area contributed by atoms with E-state index in [-0.39, 0.29) is 0 Å². The van der Waals surface area contributed by atoms with E-state index in [1.807, 2.05) is 0 Å². The topological polar surface area (TPSA) is 0 Å². The smallest absolute Gasteiger partial charge is 0.0201 e. The van der Waals surface area contributed by atoms with Crippen molar-refractivity contribution in [3.8, 4) is 0 Å². The second kappa shape index (κ2) is 5.95. The molecule has 2 atom stereocenters. The van der Waals surface area contributed by atoms with E-state index in [1.54, 1.807) is 0 Å². The minimum absolute atomic E-state index is 0.779. The van der Waals surface area contributed by atoms with Crippen molar-refractivity contribution >= 4 is 0 Å². The first kappa shape index (κ1) is 12.3. The average Bonchev–Trinajstić information content (AvgIpc) is 2.18. The third-order valence-electron chi connectivity index (χ3n) is 3.28. The van der Waals surface area contributed by atoms with Crippen molar-refractivity contribution in [2.75, 3.05) is 0 Å². The molecule has 0 aromatic heterocycles. The molecule has 0 radical (unpaired) electrons. The number of rotatable bonds is 4. The van der Waals surface area contributed by atoms with Crippen LogP contribution in [0.25, 0.3) is 0 Å². The lowest BCUT2D eigenvalue weighted by Crippen LogP contribution is -2.12. The molecule has 0 saturated carbocycles.